The van der Waals surface area contributed by atoms with Gasteiger partial charge < -0.3 is 38.9 Å². The van der Waals surface area contributed by atoms with Gasteiger partial charge >= 0.3 is 24.2 Å². The lowest BCUT2D eigenvalue weighted by atomic mass is 9.94. The monoisotopic (exact) mass is 910 g/mol. The van der Waals surface area contributed by atoms with Crippen molar-refractivity contribution in [3.05, 3.63) is 71.8 Å². The quantitative estimate of drug-likeness (QED) is 0.109. The molecule has 19 heteroatoms. The second kappa shape index (κ2) is 19.8. The molecule has 0 saturated carbocycles. The van der Waals surface area contributed by atoms with E-state index in [-0.39, 0.29) is 51.4 Å². The molecule has 0 spiro atoms. The zero-order chi connectivity index (χ0) is 48.9. The Morgan fingerprint density at radius 1 is 0.788 bits per heavy atom. The first-order chi connectivity index (χ1) is 31.0. The second-order valence-corrected chi connectivity index (χ2v) is 17.7. The Bertz CT molecular complexity index is 2640. The van der Waals surface area contributed by atoms with Crippen molar-refractivity contribution in [2.45, 2.75) is 113 Å². The molecule has 0 saturated heterocycles. The number of rotatable bonds is 8. The molecule has 2 aromatic carbocycles. The number of anilines is 2. The largest absolute Gasteiger partial charge is 0.491 e. The van der Waals surface area contributed by atoms with Gasteiger partial charge in [-0.3, -0.25) is 9.59 Å². The number of methoxy groups -OCH3 is 1. The number of pyridine rings is 1. The van der Waals surface area contributed by atoms with E-state index in [1.54, 1.807) is 86.8 Å². The first-order valence-electron chi connectivity index (χ1n) is 21.5. The van der Waals surface area contributed by atoms with E-state index in [2.05, 4.69) is 25.6 Å². The highest BCUT2D eigenvalue weighted by Gasteiger charge is 2.39. The summed E-state index contributed by atoms with van der Waals surface area (Å²) in [6.45, 7) is 21.6. The number of carbonyl (C=O) groups excluding carboxylic acids is 6. The highest BCUT2D eigenvalue weighted by Crippen LogP contribution is 2.40. The van der Waals surface area contributed by atoms with E-state index in [9.17, 15) is 28.8 Å². The Morgan fingerprint density at radius 3 is 2.05 bits per heavy atom. The normalized spacial score (nSPS) is 12.2. The van der Waals surface area contributed by atoms with E-state index in [1.165, 1.54) is 37.4 Å². The number of hydrogen-bond donors (Lipinski definition) is 2. The summed E-state index contributed by atoms with van der Waals surface area (Å²) in [7, 11) is 1.18. The van der Waals surface area contributed by atoms with Crippen LogP contribution in [0.2, 0.25) is 0 Å². The number of imide groups is 1. The molecule has 0 aliphatic carbocycles. The van der Waals surface area contributed by atoms with E-state index in [0.717, 1.165) is 4.57 Å². The molecule has 0 unspecified atom stereocenters. The van der Waals surface area contributed by atoms with Crippen molar-refractivity contribution in [3.63, 3.8) is 0 Å². The maximum atomic E-state index is 14.8. The van der Waals surface area contributed by atoms with Gasteiger partial charge in [0.2, 0.25) is 5.95 Å². The molecule has 19 nitrogen and oxygen atoms in total. The van der Waals surface area contributed by atoms with Crippen molar-refractivity contribution in [1.82, 2.24) is 29.4 Å². The number of nitrogens with zero attached hydrogens (tertiary/aromatic N) is 6. The molecule has 352 valence electrons. The van der Waals surface area contributed by atoms with Crippen molar-refractivity contribution >= 4 is 58.7 Å². The fraction of sp³-hybridized carbons (Fsp3) is 0.426. The lowest BCUT2D eigenvalue weighted by Crippen LogP contribution is -2.45. The lowest BCUT2D eigenvalue weighted by molar-refractivity contribution is 0.0422. The molecule has 0 atom stereocenters. The SMILES string of the molecule is CC.CCCNC(=O)c1ccc(-c2cc3c(cc2C(=O)Nc2ccc4nc(N(C(=O)OC(C)(C)C)C(=O)OC(C)(C)C)n(C(=O)OC(C)(C)C)c4c2)-c2nccn2CCO3)c(C(=O)OC)n1. The standard InChI is InChI=1S/C45H52N8O11.C2H6/c1-12-17-47-37(55)31-16-14-26(34(49-31)38(56)60-11)27-24-33-29(35-46-18-19-51(35)20-21-61-33)23-28(27)36(54)48-25-13-15-30-32(22-25)52(40(57)62-43(2,3)4)39(50-30)53(41(58)63-44(5,6)7)42(59)64-45(8,9)10;1-2/h13-16,18-19,22-24H,12,17,20-21H2,1-11H3,(H,47,55)(H,48,54);1-2H3. The van der Waals surface area contributed by atoms with Gasteiger partial charge in [0.25, 0.3) is 11.8 Å². The third-order valence-electron chi connectivity index (χ3n) is 9.07. The minimum Gasteiger partial charge on any atom is -0.491 e. The average molecular weight is 911 g/mol. The van der Waals surface area contributed by atoms with Crippen LogP contribution in [0.15, 0.2) is 54.9 Å². The summed E-state index contributed by atoms with van der Waals surface area (Å²) in [5.41, 5.74) is -2.28. The van der Waals surface area contributed by atoms with Gasteiger partial charge in [-0.25, -0.2) is 38.7 Å². The predicted octanol–water partition coefficient (Wildman–Crippen LogP) is 9.02. The molecule has 1 aliphatic rings. The summed E-state index contributed by atoms with van der Waals surface area (Å²) in [5.74, 6) is -1.65. The van der Waals surface area contributed by atoms with Crippen molar-refractivity contribution in [1.29, 1.82) is 0 Å². The number of nitrogens with one attached hydrogen (secondary N) is 2. The molecule has 0 fully saturated rings. The minimum absolute atomic E-state index is 0.0332. The van der Waals surface area contributed by atoms with Gasteiger partial charge in [-0.15, -0.1) is 4.90 Å². The third-order valence-corrected chi connectivity index (χ3v) is 9.07. The van der Waals surface area contributed by atoms with Crippen molar-refractivity contribution in [2.24, 2.45) is 0 Å². The van der Waals surface area contributed by atoms with Crippen LogP contribution in [-0.4, -0.2) is 97.2 Å². The molecule has 1 aliphatic heterocycles. The number of benzene rings is 2. The topological polar surface area (TPSA) is 224 Å². The van der Waals surface area contributed by atoms with Gasteiger partial charge in [0.15, 0.2) is 5.69 Å². The average Bonchev–Trinajstić information content (AvgIpc) is 3.81. The Labute approximate surface area is 383 Å². The Balaban J connectivity index is 0.00000403. The van der Waals surface area contributed by atoms with Gasteiger partial charge in [-0.05, 0) is 111 Å². The van der Waals surface area contributed by atoms with E-state index < -0.39 is 58.8 Å². The molecular weight excluding hydrogens is 853 g/mol. The molecular formula is C47H58N8O11. The summed E-state index contributed by atoms with van der Waals surface area (Å²) >= 11 is 0. The number of esters is 1. The Hall–Kier alpha value is -7.31. The summed E-state index contributed by atoms with van der Waals surface area (Å²) in [5, 5.41) is 5.62. The molecule has 0 radical (unpaired) electrons. The van der Waals surface area contributed by atoms with Crippen LogP contribution in [0.25, 0.3) is 33.5 Å². The maximum absolute atomic E-state index is 14.8. The van der Waals surface area contributed by atoms with Crippen LogP contribution < -0.4 is 20.3 Å². The van der Waals surface area contributed by atoms with Gasteiger partial charge in [-0.1, -0.05) is 20.8 Å². The Morgan fingerprint density at radius 2 is 1.44 bits per heavy atom. The van der Waals surface area contributed by atoms with Crippen LogP contribution in [0.1, 0.15) is 121 Å². The number of hydrogen-bond acceptors (Lipinski definition) is 14. The second-order valence-electron chi connectivity index (χ2n) is 17.7. The van der Waals surface area contributed by atoms with Crippen LogP contribution in [0, 0.1) is 0 Å². The fourth-order valence-electron chi connectivity index (χ4n) is 6.49. The van der Waals surface area contributed by atoms with Crippen molar-refractivity contribution in [2.75, 3.05) is 30.5 Å². The summed E-state index contributed by atoms with van der Waals surface area (Å²) in [6.07, 6.45) is 0.728. The molecule has 5 aromatic rings. The number of imidazole rings is 2. The van der Waals surface area contributed by atoms with Gasteiger partial charge in [0.05, 0.1) is 30.3 Å². The van der Waals surface area contributed by atoms with Gasteiger partial charge in [0, 0.05) is 41.3 Å². The summed E-state index contributed by atoms with van der Waals surface area (Å²) < 4.78 is 30.9. The molecule has 0 bridgehead atoms. The third kappa shape index (κ3) is 11.5. The first-order valence-corrected chi connectivity index (χ1v) is 21.5. The van der Waals surface area contributed by atoms with Crippen LogP contribution in [0.5, 0.6) is 5.75 Å². The molecule has 66 heavy (non-hydrogen) atoms. The lowest BCUT2D eigenvalue weighted by Gasteiger charge is -2.28. The number of amides is 4. The highest BCUT2D eigenvalue weighted by atomic mass is 16.6. The number of fused-ring (bicyclic) bond motifs is 4. The minimum atomic E-state index is -1.17. The summed E-state index contributed by atoms with van der Waals surface area (Å²) in [4.78, 5) is 96.6. The number of ether oxygens (including phenoxy) is 5. The maximum Gasteiger partial charge on any atom is 0.427 e. The molecule has 4 amide bonds. The van der Waals surface area contributed by atoms with E-state index in [0.29, 0.717) is 41.5 Å². The van der Waals surface area contributed by atoms with Crippen LogP contribution in [0.3, 0.4) is 0 Å². The molecule has 3 aromatic heterocycles. The first kappa shape index (κ1) is 49.7. The van der Waals surface area contributed by atoms with Crippen LogP contribution in [-0.2, 0) is 25.5 Å². The van der Waals surface area contributed by atoms with Crippen molar-refractivity contribution < 1.29 is 52.5 Å². The van der Waals surface area contributed by atoms with Gasteiger partial charge in [-0.2, -0.15) is 0 Å². The van der Waals surface area contributed by atoms with E-state index >= 15 is 0 Å². The smallest absolute Gasteiger partial charge is 0.427 e. The van der Waals surface area contributed by atoms with Crippen LogP contribution in [0.4, 0.5) is 26.0 Å². The molecule has 6 rings (SSSR count). The summed E-state index contributed by atoms with van der Waals surface area (Å²) in [6, 6.07) is 10.5. The highest BCUT2D eigenvalue weighted by molar-refractivity contribution is 6.13. The zero-order valence-corrected chi connectivity index (χ0v) is 39.7. The molecule has 2 N–H and O–H groups in total. The van der Waals surface area contributed by atoms with E-state index in [1.807, 2.05) is 25.3 Å². The van der Waals surface area contributed by atoms with Crippen LogP contribution >= 0.6 is 0 Å². The van der Waals surface area contributed by atoms with E-state index in [4.69, 9.17) is 23.7 Å². The van der Waals surface area contributed by atoms with Gasteiger partial charge in [0.1, 0.15) is 40.7 Å². The Kier molecular flexibility index (Phi) is 14.9. The fourth-order valence-corrected chi connectivity index (χ4v) is 6.49. The number of carbonyl (C=O) groups is 6. The molecule has 4 heterocycles. The zero-order valence-electron chi connectivity index (χ0n) is 39.7. The van der Waals surface area contributed by atoms with Crippen molar-refractivity contribution in [3.8, 4) is 28.3 Å². The predicted molar refractivity (Wildman–Crippen MR) is 246 cm³/mol. The number of aromatic nitrogens is 5.